The van der Waals surface area contributed by atoms with Crippen LogP contribution >= 0.6 is 0 Å². The van der Waals surface area contributed by atoms with Crippen molar-refractivity contribution in [2.24, 2.45) is 5.92 Å². The minimum atomic E-state index is -0.569. The first-order chi connectivity index (χ1) is 18.2. The van der Waals surface area contributed by atoms with Gasteiger partial charge in [-0.05, 0) is 43.2 Å². The lowest BCUT2D eigenvalue weighted by molar-refractivity contribution is -0.133. The lowest BCUT2D eigenvalue weighted by Crippen LogP contribution is -2.43. The quantitative estimate of drug-likeness (QED) is 0.360. The Morgan fingerprint density at radius 2 is 1.82 bits per heavy atom. The van der Waals surface area contributed by atoms with Gasteiger partial charge in [-0.2, -0.15) is 0 Å². The third-order valence-corrected chi connectivity index (χ3v) is 6.02. The fraction of sp³-hybridized carbons (Fsp3) is 0.655. The van der Waals surface area contributed by atoms with Gasteiger partial charge in [0.2, 0.25) is 5.91 Å². The van der Waals surface area contributed by atoms with Gasteiger partial charge in [-0.1, -0.05) is 79.5 Å². The van der Waals surface area contributed by atoms with Crippen molar-refractivity contribution in [3.8, 4) is 0 Å². The number of para-hydroxylation sites is 1. The molecule has 0 bridgehead atoms. The topological polar surface area (TPSA) is 117 Å². The molecule has 1 saturated heterocycles. The van der Waals surface area contributed by atoms with Crippen LogP contribution in [0, 0.1) is 5.92 Å². The fourth-order valence-electron chi connectivity index (χ4n) is 3.49. The molecule has 38 heavy (non-hydrogen) atoms. The first-order valence-corrected chi connectivity index (χ1v) is 14.1. The Morgan fingerprint density at radius 1 is 1.16 bits per heavy atom. The summed E-state index contributed by atoms with van der Waals surface area (Å²) < 4.78 is 5.22. The maximum Gasteiger partial charge on any atom is 0.407 e. The van der Waals surface area contributed by atoms with E-state index in [4.69, 9.17) is 4.74 Å². The monoisotopic (exact) mass is 534 g/mol. The number of alkyl carbamates (subject to hydrolysis) is 1. The standard InChI is InChI=1S/C14H24N2O4.C8H8N2O.C5H12.C2H6/c1-3-6-12(4-2)20-14(19)15-9-13(18)16-8-5-7-11(16)10-17;11-8-9-5-6-3-1-2-4-7(6)10-8;1-4-5(2)3;1-2/h10-12H,3-9H2,1-2H3,(H,15,19);1-4H,5H2,(H2,9,10,11);5H,4H2,1-3H3;1-2H3/t11-,12?;;;/m0.../s1. The number of carbonyl (C=O) groups excluding carboxylic acids is 4. The Balaban J connectivity index is 0.000000631. The van der Waals surface area contributed by atoms with E-state index in [0.717, 1.165) is 49.1 Å². The van der Waals surface area contributed by atoms with E-state index >= 15 is 0 Å². The maximum absolute atomic E-state index is 11.9. The van der Waals surface area contributed by atoms with Gasteiger partial charge >= 0.3 is 12.1 Å². The number of urea groups is 1. The summed E-state index contributed by atoms with van der Waals surface area (Å²) in [5.74, 6) is 0.648. The van der Waals surface area contributed by atoms with Crippen molar-refractivity contribution in [2.75, 3.05) is 18.4 Å². The zero-order valence-electron chi connectivity index (χ0n) is 24.5. The van der Waals surface area contributed by atoms with E-state index in [-0.39, 0.29) is 30.6 Å². The average Bonchev–Trinajstić information content (AvgIpc) is 3.42. The summed E-state index contributed by atoms with van der Waals surface area (Å²) in [6, 6.07) is 7.28. The number of carbonyl (C=O) groups is 4. The van der Waals surface area contributed by atoms with Crippen molar-refractivity contribution in [2.45, 2.75) is 106 Å². The normalized spacial score (nSPS) is 15.9. The molecule has 0 aliphatic carbocycles. The Bertz CT molecular complexity index is 831. The molecule has 3 N–H and O–H groups in total. The van der Waals surface area contributed by atoms with E-state index in [2.05, 4.69) is 36.7 Å². The SMILES string of the molecule is CC.CCC(C)C.CCCC(CC)OC(=O)NCC(=O)N1CCC[C@H]1C=O.O=C1NCc2ccccc2N1. The molecule has 1 unspecified atom stereocenters. The molecule has 3 rings (SSSR count). The number of anilines is 1. The number of rotatable bonds is 8. The van der Waals surface area contributed by atoms with Gasteiger partial charge in [-0.25, -0.2) is 9.59 Å². The van der Waals surface area contributed by atoms with Gasteiger partial charge in [-0.3, -0.25) is 4.79 Å². The summed E-state index contributed by atoms with van der Waals surface area (Å²) in [5, 5.41) is 7.86. The van der Waals surface area contributed by atoms with Crippen molar-refractivity contribution in [1.82, 2.24) is 15.5 Å². The van der Waals surface area contributed by atoms with Crippen molar-refractivity contribution >= 4 is 30.0 Å². The number of benzene rings is 1. The van der Waals surface area contributed by atoms with Crippen molar-refractivity contribution in [3.05, 3.63) is 29.8 Å². The van der Waals surface area contributed by atoms with Crippen LogP contribution in [0.3, 0.4) is 0 Å². The van der Waals surface area contributed by atoms with Crippen molar-refractivity contribution in [1.29, 1.82) is 0 Å². The molecule has 2 aliphatic rings. The highest BCUT2D eigenvalue weighted by Gasteiger charge is 2.28. The highest BCUT2D eigenvalue weighted by molar-refractivity contribution is 5.92. The van der Waals surface area contributed by atoms with Gasteiger partial charge in [0.05, 0.1) is 6.04 Å². The minimum Gasteiger partial charge on any atom is -0.446 e. The zero-order valence-corrected chi connectivity index (χ0v) is 24.5. The number of likely N-dealkylation sites (tertiary alicyclic amines) is 1. The molecule has 2 heterocycles. The molecule has 4 amide bonds. The molecule has 2 atom stereocenters. The molecule has 1 aromatic rings. The smallest absolute Gasteiger partial charge is 0.407 e. The van der Waals surface area contributed by atoms with E-state index in [9.17, 15) is 19.2 Å². The van der Waals surface area contributed by atoms with Gasteiger partial charge in [-0.15, -0.1) is 0 Å². The molecule has 9 nitrogen and oxygen atoms in total. The summed E-state index contributed by atoms with van der Waals surface area (Å²) in [6.07, 6.45) is 5.47. The third-order valence-electron chi connectivity index (χ3n) is 6.02. The predicted octanol–water partition coefficient (Wildman–Crippen LogP) is 5.88. The molecule has 0 spiro atoms. The molecular formula is C29H50N4O5. The second-order valence-corrected chi connectivity index (χ2v) is 9.28. The number of nitrogens with zero attached hydrogens (tertiary/aromatic N) is 1. The van der Waals surface area contributed by atoms with Crippen molar-refractivity contribution < 1.29 is 23.9 Å². The number of fused-ring (bicyclic) bond motifs is 1. The number of hydrogen-bond acceptors (Lipinski definition) is 5. The molecule has 1 fully saturated rings. The highest BCUT2D eigenvalue weighted by atomic mass is 16.6. The first-order valence-electron chi connectivity index (χ1n) is 14.1. The second kappa shape index (κ2) is 20.9. The number of aldehydes is 1. The first kappa shape index (κ1) is 34.9. The van der Waals surface area contributed by atoms with Gasteiger partial charge in [0.1, 0.15) is 18.9 Å². The van der Waals surface area contributed by atoms with Gasteiger partial charge < -0.3 is 30.4 Å². The summed E-state index contributed by atoms with van der Waals surface area (Å²) in [6.45, 7) is 15.7. The van der Waals surface area contributed by atoms with Crippen molar-refractivity contribution in [3.63, 3.8) is 0 Å². The summed E-state index contributed by atoms with van der Waals surface area (Å²) in [7, 11) is 0. The van der Waals surface area contributed by atoms with E-state index < -0.39 is 6.09 Å². The van der Waals surface area contributed by atoms with E-state index in [1.54, 1.807) is 0 Å². The fourth-order valence-corrected chi connectivity index (χ4v) is 3.49. The highest BCUT2D eigenvalue weighted by Crippen LogP contribution is 2.17. The zero-order chi connectivity index (χ0) is 28.9. The van der Waals surface area contributed by atoms with Gasteiger partial charge in [0.25, 0.3) is 0 Å². The summed E-state index contributed by atoms with van der Waals surface area (Å²) >= 11 is 0. The van der Waals surface area contributed by atoms with E-state index in [0.29, 0.717) is 19.5 Å². The largest absolute Gasteiger partial charge is 0.446 e. The number of amides is 4. The molecule has 0 radical (unpaired) electrons. The Hall–Kier alpha value is -3.10. The van der Waals surface area contributed by atoms with Crippen LogP contribution in [0.5, 0.6) is 0 Å². The molecular weight excluding hydrogens is 484 g/mol. The van der Waals surface area contributed by atoms with E-state index in [1.165, 1.54) is 11.3 Å². The van der Waals surface area contributed by atoms with Crippen LogP contribution in [0.4, 0.5) is 15.3 Å². The summed E-state index contributed by atoms with van der Waals surface area (Å²) in [5.41, 5.74) is 2.04. The predicted molar refractivity (Wildman–Crippen MR) is 153 cm³/mol. The third kappa shape index (κ3) is 14.0. The number of ether oxygens (including phenoxy) is 1. The molecule has 1 aromatic carbocycles. The maximum atomic E-state index is 11.9. The van der Waals surface area contributed by atoms with Crippen LogP contribution in [-0.2, 0) is 20.9 Å². The molecule has 216 valence electrons. The van der Waals surface area contributed by atoms with Gasteiger partial charge in [0.15, 0.2) is 0 Å². The van der Waals surface area contributed by atoms with Crippen LogP contribution in [0.1, 0.15) is 92.6 Å². The Kier molecular flexibility index (Phi) is 19.2. The number of nitrogens with one attached hydrogen (secondary N) is 3. The van der Waals surface area contributed by atoms with E-state index in [1.807, 2.05) is 52.0 Å². The van der Waals surface area contributed by atoms with Crippen LogP contribution in [0.25, 0.3) is 0 Å². The average molecular weight is 535 g/mol. The number of hydrogen-bond donors (Lipinski definition) is 3. The lowest BCUT2D eigenvalue weighted by Gasteiger charge is -2.21. The Labute approximate surface area is 229 Å². The minimum absolute atomic E-state index is 0.107. The Morgan fingerprint density at radius 3 is 2.39 bits per heavy atom. The molecule has 0 aromatic heterocycles. The van der Waals surface area contributed by atoms with Crippen LogP contribution in [-0.4, -0.2) is 54.5 Å². The van der Waals surface area contributed by atoms with Crippen LogP contribution in [0.15, 0.2) is 24.3 Å². The van der Waals surface area contributed by atoms with Crippen LogP contribution in [0.2, 0.25) is 0 Å². The summed E-state index contributed by atoms with van der Waals surface area (Å²) in [4.78, 5) is 46.6. The van der Waals surface area contributed by atoms with Crippen LogP contribution < -0.4 is 16.0 Å². The van der Waals surface area contributed by atoms with Gasteiger partial charge in [0, 0.05) is 18.8 Å². The molecule has 2 aliphatic heterocycles. The second-order valence-electron chi connectivity index (χ2n) is 9.28. The molecule has 0 saturated carbocycles. The lowest BCUT2D eigenvalue weighted by atomic mass is 10.1. The molecule has 9 heteroatoms.